The second-order valence-electron chi connectivity index (χ2n) is 4.44. The first-order valence-corrected chi connectivity index (χ1v) is 6.93. The van der Waals surface area contributed by atoms with E-state index in [1.165, 1.54) is 0 Å². The molecule has 0 heterocycles. The molecule has 2 aromatic rings. The fraction of sp³-hybridized carbons (Fsp3) is 0.125. The molecule has 2 amide bonds. The molecule has 2 aromatic carbocycles. The summed E-state index contributed by atoms with van der Waals surface area (Å²) in [5.41, 5.74) is 6.64. The van der Waals surface area contributed by atoms with Crippen molar-refractivity contribution in [3.05, 3.63) is 70.2 Å². The summed E-state index contributed by atoms with van der Waals surface area (Å²) in [7, 11) is 0. The molecule has 0 atom stereocenters. The van der Waals surface area contributed by atoms with Crippen LogP contribution in [0.3, 0.4) is 0 Å². The monoisotopic (exact) mass is 302 g/mol. The third-order valence-electron chi connectivity index (χ3n) is 3.03. The number of hydrazine groups is 1. The minimum absolute atomic E-state index is 0.306. The Bertz CT molecular complexity index is 654. The van der Waals surface area contributed by atoms with Crippen LogP contribution < -0.4 is 10.9 Å². The number of carbonyl (C=O) groups is 2. The maximum Gasteiger partial charge on any atom is 0.271 e. The molecule has 0 unspecified atom stereocenters. The Labute approximate surface area is 128 Å². The lowest BCUT2D eigenvalue weighted by Gasteiger charge is -2.08. The van der Waals surface area contributed by atoms with E-state index < -0.39 is 5.91 Å². The minimum Gasteiger partial charge on any atom is -0.267 e. The molecule has 2 N–H and O–H groups in total. The van der Waals surface area contributed by atoms with E-state index in [1.807, 2.05) is 19.1 Å². The van der Waals surface area contributed by atoms with E-state index in [-0.39, 0.29) is 5.91 Å². The van der Waals surface area contributed by atoms with Crippen LogP contribution in [0.5, 0.6) is 0 Å². The van der Waals surface area contributed by atoms with Gasteiger partial charge in [0, 0.05) is 5.56 Å². The van der Waals surface area contributed by atoms with Crippen LogP contribution in [-0.2, 0) is 6.42 Å². The molecular weight excluding hydrogens is 288 g/mol. The van der Waals surface area contributed by atoms with Gasteiger partial charge in [0.15, 0.2) is 0 Å². The molecule has 0 aromatic heterocycles. The van der Waals surface area contributed by atoms with Gasteiger partial charge in [-0.05, 0) is 36.2 Å². The average molecular weight is 303 g/mol. The lowest BCUT2D eigenvalue weighted by atomic mass is 10.1. The quantitative estimate of drug-likeness (QED) is 0.856. The number of halogens is 1. The number of rotatable bonds is 3. The highest BCUT2D eigenvalue weighted by Gasteiger charge is 2.11. The number of amides is 2. The smallest absolute Gasteiger partial charge is 0.267 e. The van der Waals surface area contributed by atoms with E-state index in [9.17, 15) is 9.59 Å². The van der Waals surface area contributed by atoms with Crippen LogP contribution in [0.15, 0.2) is 48.5 Å². The van der Waals surface area contributed by atoms with Crippen LogP contribution in [0.4, 0.5) is 0 Å². The number of hydrogen-bond donors (Lipinski definition) is 2. The Morgan fingerprint density at radius 2 is 1.57 bits per heavy atom. The number of benzene rings is 2. The van der Waals surface area contributed by atoms with Crippen LogP contribution in [0, 0.1) is 0 Å². The molecule has 0 fully saturated rings. The molecule has 4 nitrogen and oxygen atoms in total. The topological polar surface area (TPSA) is 58.2 Å². The van der Waals surface area contributed by atoms with Crippen molar-refractivity contribution < 1.29 is 9.59 Å². The molecular formula is C16H15ClN2O2. The van der Waals surface area contributed by atoms with Gasteiger partial charge in [0.2, 0.25) is 0 Å². The maximum absolute atomic E-state index is 11.9. The van der Waals surface area contributed by atoms with Crippen molar-refractivity contribution in [2.75, 3.05) is 0 Å². The first kappa shape index (κ1) is 15.1. The second kappa shape index (κ2) is 6.90. The summed E-state index contributed by atoms with van der Waals surface area (Å²) in [5.74, 6) is -0.836. The fourth-order valence-corrected chi connectivity index (χ4v) is 2.01. The zero-order chi connectivity index (χ0) is 15.2. The number of carbonyl (C=O) groups excluding carboxylic acids is 2. The summed E-state index contributed by atoms with van der Waals surface area (Å²) in [6.07, 6.45) is 0.908. The maximum atomic E-state index is 11.9. The first-order chi connectivity index (χ1) is 10.1. The van der Waals surface area contributed by atoms with Crippen molar-refractivity contribution >= 4 is 23.4 Å². The Balaban J connectivity index is 1.97. The molecule has 0 saturated heterocycles. The second-order valence-corrected chi connectivity index (χ2v) is 4.85. The highest BCUT2D eigenvalue weighted by molar-refractivity contribution is 6.33. The Kier molecular flexibility index (Phi) is 4.95. The van der Waals surface area contributed by atoms with Crippen molar-refractivity contribution in [2.45, 2.75) is 13.3 Å². The zero-order valence-electron chi connectivity index (χ0n) is 11.5. The fourth-order valence-electron chi connectivity index (χ4n) is 1.79. The molecule has 5 heteroatoms. The summed E-state index contributed by atoms with van der Waals surface area (Å²) in [5, 5.41) is 0.330. The summed E-state index contributed by atoms with van der Waals surface area (Å²) < 4.78 is 0. The number of aryl methyl sites for hydroxylation is 1. The molecule has 0 saturated carbocycles. The lowest BCUT2D eigenvalue weighted by Crippen LogP contribution is -2.41. The molecule has 21 heavy (non-hydrogen) atoms. The highest BCUT2D eigenvalue weighted by Crippen LogP contribution is 2.14. The Morgan fingerprint density at radius 3 is 2.19 bits per heavy atom. The van der Waals surface area contributed by atoms with Crippen molar-refractivity contribution in [3.8, 4) is 0 Å². The van der Waals surface area contributed by atoms with Gasteiger partial charge in [-0.3, -0.25) is 20.4 Å². The van der Waals surface area contributed by atoms with E-state index >= 15 is 0 Å². The summed E-state index contributed by atoms with van der Waals surface area (Å²) >= 11 is 5.91. The van der Waals surface area contributed by atoms with Gasteiger partial charge in [0.25, 0.3) is 11.8 Å². The molecule has 0 bridgehead atoms. The molecule has 2 rings (SSSR count). The van der Waals surface area contributed by atoms with E-state index in [2.05, 4.69) is 10.9 Å². The third kappa shape index (κ3) is 3.83. The standard InChI is InChI=1S/C16H15ClN2O2/c1-2-11-7-9-12(10-8-11)15(20)18-19-16(21)13-5-3-4-6-14(13)17/h3-10H,2H2,1H3,(H,18,20)(H,19,21). The van der Waals surface area contributed by atoms with Gasteiger partial charge in [0.05, 0.1) is 10.6 Å². The third-order valence-corrected chi connectivity index (χ3v) is 3.36. The van der Waals surface area contributed by atoms with E-state index in [0.29, 0.717) is 16.1 Å². The number of nitrogens with one attached hydrogen (secondary N) is 2. The Morgan fingerprint density at radius 1 is 0.952 bits per heavy atom. The lowest BCUT2D eigenvalue weighted by molar-refractivity contribution is 0.0846. The summed E-state index contributed by atoms with van der Waals surface area (Å²) in [4.78, 5) is 23.8. The van der Waals surface area contributed by atoms with Crippen molar-refractivity contribution in [2.24, 2.45) is 0 Å². The normalized spacial score (nSPS) is 10.0. The van der Waals surface area contributed by atoms with Gasteiger partial charge in [-0.1, -0.05) is 42.8 Å². The van der Waals surface area contributed by atoms with Gasteiger partial charge >= 0.3 is 0 Å². The first-order valence-electron chi connectivity index (χ1n) is 6.56. The molecule has 0 aliphatic rings. The van der Waals surface area contributed by atoms with E-state index in [4.69, 9.17) is 11.6 Å². The van der Waals surface area contributed by atoms with Gasteiger partial charge in [-0.25, -0.2) is 0 Å². The predicted molar refractivity (Wildman–Crippen MR) is 82.2 cm³/mol. The van der Waals surface area contributed by atoms with Gasteiger partial charge in [0.1, 0.15) is 0 Å². The van der Waals surface area contributed by atoms with Crippen molar-refractivity contribution in [1.29, 1.82) is 0 Å². The van der Waals surface area contributed by atoms with Crippen molar-refractivity contribution in [1.82, 2.24) is 10.9 Å². The number of hydrogen-bond acceptors (Lipinski definition) is 2. The summed E-state index contributed by atoms with van der Waals surface area (Å²) in [6.45, 7) is 2.04. The SMILES string of the molecule is CCc1ccc(C(=O)NNC(=O)c2ccccc2Cl)cc1. The van der Waals surface area contributed by atoms with Crippen LogP contribution >= 0.6 is 11.6 Å². The molecule has 108 valence electrons. The van der Waals surface area contributed by atoms with Gasteiger partial charge < -0.3 is 0 Å². The highest BCUT2D eigenvalue weighted by atomic mass is 35.5. The zero-order valence-corrected chi connectivity index (χ0v) is 12.3. The van der Waals surface area contributed by atoms with Gasteiger partial charge in [-0.15, -0.1) is 0 Å². The van der Waals surface area contributed by atoms with Crippen LogP contribution in [0.1, 0.15) is 33.2 Å². The Hall–Kier alpha value is -2.33. The van der Waals surface area contributed by atoms with Gasteiger partial charge in [-0.2, -0.15) is 0 Å². The molecule has 0 spiro atoms. The van der Waals surface area contributed by atoms with E-state index in [1.54, 1.807) is 36.4 Å². The van der Waals surface area contributed by atoms with Crippen LogP contribution in [0.25, 0.3) is 0 Å². The molecule has 0 radical (unpaired) electrons. The molecule has 0 aliphatic heterocycles. The summed E-state index contributed by atoms with van der Waals surface area (Å²) in [6, 6.07) is 13.8. The predicted octanol–water partition coefficient (Wildman–Crippen LogP) is 2.98. The molecule has 0 aliphatic carbocycles. The van der Waals surface area contributed by atoms with Crippen LogP contribution in [0.2, 0.25) is 5.02 Å². The van der Waals surface area contributed by atoms with Crippen molar-refractivity contribution in [3.63, 3.8) is 0 Å². The minimum atomic E-state index is -0.459. The largest absolute Gasteiger partial charge is 0.271 e. The van der Waals surface area contributed by atoms with Crippen LogP contribution in [-0.4, -0.2) is 11.8 Å². The average Bonchev–Trinajstić information content (AvgIpc) is 2.52. The van der Waals surface area contributed by atoms with E-state index in [0.717, 1.165) is 12.0 Å².